The normalized spacial score (nSPS) is 19.7. The van der Waals surface area contributed by atoms with Crippen molar-refractivity contribution in [1.29, 1.82) is 0 Å². The Hall–Kier alpha value is -1.39. The van der Waals surface area contributed by atoms with Crippen molar-refractivity contribution < 1.29 is 9.53 Å². The van der Waals surface area contributed by atoms with Crippen molar-refractivity contribution in [3.8, 4) is 0 Å². The van der Waals surface area contributed by atoms with E-state index in [0.29, 0.717) is 6.61 Å². The highest BCUT2D eigenvalue weighted by Crippen LogP contribution is 2.31. The molecule has 4 nitrogen and oxygen atoms in total. The molecule has 0 saturated carbocycles. The van der Waals surface area contributed by atoms with Gasteiger partial charge in [-0.15, -0.1) is 0 Å². The smallest absolute Gasteiger partial charge is 0.323 e. The molecule has 19 heavy (non-hydrogen) atoms. The van der Waals surface area contributed by atoms with Crippen LogP contribution in [0, 0.1) is 5.41 Å². The van der Waals surface area contributed by atoms with E-state index >= 15 is 0 Å². The first kappa shape index (κ1) is 14.0. The van der Waals surface area contributed by atoms with E-state index in [-0.39, 0.29) is 11.4 Å². The third-order valence-electron chi connectivity index (χ3n) is 3.97. The van der Waals surface area contributed by atoms with Crippen molar-refractivity contribution in [3.05, 3.63) is 35.9 Å². The third-order valence-corrected chi connectivity index (χ3v) is 3.97. The number of carbonyl (C=O) groups excluding carboxylic acids is 1. The molecule has 1 aromatic carbocycles. The highest BCUT2D eigenvalue weighted by molar-refractivity contribution is 5.76. The minimum absolute atomic E-state index is 0.154. The van der Waals surface area contributed by atoms with Gasteiger partial charge >= 0.3 is 5.97 Å². The number of nitrogens with one attached hydrogen (secondary N) is 1. The molecule has 1 aliphatic rings. The van der Waals surface area contributed by atoms with Crippen LogP contribution in [0.25, 0.3) is 0 Å². The lowest BCUT2D eigenvalue weighted by Crippen LogP contribution is -2.51. The van der Waals surface area contributed by atoms with Crippen LogP contribution < -0.4 is 11.1 Å². The molecular weight excluding hydrogens is 240 g/mol. The Morgan fingerprint density at radius 1 is 1.37 bits per heavy atom. The van der Waals surface area contributed by atoms with E-state index in [9.17, 15) is 4.79 Å². The van der Waals surface area contributed by atoms with Gasteiger partial charge in [0, 0.05) is 0 Å². The summed E-state index contributed by atoms with van der Waals surface area (Å²) in [5, 5.41) is 3.28. The number of piperidine rings is 1. The monoisotopic (exact) mass is 262 g/mol. The summed E-state index contributed by atoms with van der Waals surface area (Å²) in [6.07, 6.45) is 1.82. The molecule has 0 bridgehead atoms. The lowest BCUT2D eigenvalue weighted by Gasteiger charge is -2.37. The zero-order valence-corrected chi connectivity index (χ0v) is 11.4. The Labute approximate surface area is 114 Å². The van der Waals surface area contributed by atoms with Gasteiger partial charge in [-0.25, -0.2) is 0 Å². The first-order valence-corrected chi connectivity index (χ1v) is 6.79. The Bertz CT molecular complexity index is 413. The van der Waals surface area contributed by atoms with E-state index in [2.05, 4.69) is 12.2 Å². The van der Waals surface area contributed by atoms with Crippen LogP contribution in [0.4, 0.5) is 0 Å². The molecule has 3 N–H and O–H groups in total. The largest absolute Gasteiger partial charge is 0.460 e. The molecule has 1 heterocycles. The van der Waals surface area contributed by atoms with Gasteiger partial charge in [-0.05, 0) is 36.9 Å². The van der Waals surface area contributed by atoms with Crippen LogP contribution in [0.1, 0.15) is 25.3 Å². The van der Waals surface area contributed by atoms with Gasteiger partial charge in [0.2, 0.25) is 0 Å². The van der Waals surface area contributed by atoms with E-state index in [1.807, 2.05) is 30.3 Å². The molecule has 0 spiro atoms. The second-order valence-corrected chi connectivity index (χ2v) is 5.48. The van der Waals surface area contributed by atoms with Crippen LogP contribution in [-0.4, -0.2) is 25.1 Å². The molecule has 4 heteroatoms. The molecule has 1 atom stereocenters. The lowest BCUT2D eigenvalue weighted by atomic mass is 9.75. The van der Waals surface area contributed by atoms with Gasteiger partial charge in [0.25, 0.3) is 0 Å². The number of ether oxygens (including phenoxy) is 1. The molecule has 104 valence electrons. The van der Waals surface area contributed by atoms with Gasteiger partial charge in [-0.2, -0.15) is 0 Å². The van der Waals surface area contributed by atoms with Crippen molar-refractivity contribution >= 4 is 5.97 Å². The molecule has 1 fully saturated rings. The van der Waals surface area contributed by atoms with Crippen molar-refractivity contribution in [2.45, 2.75) is 32.4 Å². The van der Waals surface area contributed by atoms with Crippen LogP contribution in [0.3, 0.4) is 0 Å². The van der Waals surface area contributed by atoms with Gasteiger partial charge in [0.05, 0.1) is 0 Å². The third kappa shape index (κ3) is 3.55. The zero-order valence-electron chi connectivity index (χ0n) is 11.4. The highest BCUT2D eigenvalue weighted by atomic mass is 16.5. The second-order valence-electron chi connectivity index (χ2n) is 5.48. The fourth-order valence-electron chi connectivity index (χ4n) is 2.41. The first-order valence-electron chi connectivity index (χ1n) is 6.79. The summed E-state index contributed by atoms with van der Waals surface area (Å²) in [7, 11) is 0. The standard InChI is InChI=1S/C15H22N2O2/c1-15(7-9-17-10-8-15)13(16)14(18)19-11-12-5-3-2-4-6-12/h2-6,13,17H,7-11,16H2,1H3. The fourth-order valence-corrected chi connectivity index (χ4v) is 2.41. The van der Waals surface area contributed by atoms with Crippen molar-refractivity contribution in [1.82, 2.24) is 5.32 Å². The Morgan fingerprint density at radius 3 is 2.63 bits per heavy atom. The fraction of sp³-hybridized carbons (Fsp3) is 0.533. The van der Waals surface area contributed by atoms with Gasteiger partial charge in [0.1, 0.15) is 12.6 Å². The summed E-state index contributed by atoms with van der Waals surface area (Å²) in [6.45, 7) is 4.19. The quantitative estimate of drug-likeness (QED) is 0.806. The van der Waals surface area contributed by atoms with Gasteiger partial charge in [-0.1, -0.05) is 37.3 Å². The number of hydrogen-bond acceptors (Lipinski definition) is 4. The van der Waals surface area contributed by atoms with Gasteiger partial charge < -0.3 is 15.8 Å². The number of benzene rings is 1. The number of carbonyl (C=O) groups is 1. The Kier molecular flexibility index (Phi) is 4.56. The predicted molar refractivity (Wildman–Crippen MR) is 74.4 cm³/mol. The topological polar surface area (TPSA) is 64.4 Å². The summed E-state index contributed by atoms with van der Waals surface area (Å²) in [4.78, 5) is 12.1. The summed E-state index contributed by atoms with van der Waals surface area (Å²) in [5.74, 6) is -0.298. The molecule has 0 amide bonds. The maximum Gasteiger partial charge on any atom is 0.323 e. The zero-order chi connectivity index (χ0) is 13.7. The summed E-state index contributed by atoms with van der Waals surface area (Å²) in [6, 6.07) is 9.12. The molecule has 2 rings (SSSR count). The SMILES string of the molecule is CC1(C(N)C(=O)OCc2ccccc2)CCNCC1. The molecule has 0 radical (unpaired) electrons. The van der Waals surface area contributed by atoms with E-state index in [1.165, 1.54) is 0 Å². The van der Waals surface area contributed by atoms with Crippen LogP contribution in [-0.2, 0) is 16.1 Å². The summed E-state index contributed by atoms with van der Waals surface area (Å²) >= 11 is 0. The van der Waals surface area contributed by atoms with Crippen molar-refractivity contribution in [2.75, 3.05) is 13.1 Å². The molecule has 1 aliphatic heterocycles. The van der Waals surface area contributed by atoms with Crippen LogP contribution >= 0.6 is 0 Å². The molecule has 1 saturated heterocycles. The minimum atomic E-state index is -0.543. The van der Waals surface area contributed by atoms with Crippen LogP contribution in [0.15, 0.2) is 30.3 Å². The molecule has 1 unspecified atom stereocenters. The van der Waals surface area contributed by atoms with E-state index in [4.69, 9.17) is 10.5 Å². The van der Waals surface area contributed by atoms with Gasteiger partial charge in [-0.3, -0.25) is 4.79 Å². The molecule has 1 aromatic rings. The average molecular weight is 262 g/mol. The highest BCUT2D eigenvalue weighted by Gasteiger charge is 2.38. The number of esters is 1. The number of rotatable bonds is 4. The van der Waals surface area contributed by atoms with Crippen molar-refractivity contribution in [2.24, 2.45) is 11.1 Å². The Morgan fingerprint density at radius 2 is 2.00 bits per heavy atom. The molecule has 0 aliphatic carbocycles. The second kappa shape index (κ2) is 6.17. The van der Waals surface area contributed by atoms with Crippen LogP contribution in [0.2, 0.25) is 0 Å². The summed E-state index contributed by atoms with van der Waals surface area (Å²) < 4.78 is 5.32. The van der Waals surface area contributed by atoms with E-state index in [0.717, 1.165) is 31.5 Å². The number of nitrogens with two attached hydrogens (primary N) is 1. The van der Waals surface area contributed by atoms with E-state index < -0.39 is 6.04 Å². The van der Waals surface area contributed by atoms with E-state index in [1.54, 1.807) is 0 Å². The van der Waals surface area contributed by atoms with Crippen LogP contribution in [0.5, 0.6) is 0 Å². The maximum atomic E-state index is 12.1. The minimum Gasteiger partial charge on any atom is -0.460 e. The molecule has 0 aromatic heterocycles. The van der Waals surface area contributed by atoms with Gasteiger partial charge in [0.15, 0.2) is 0 Å². The summed E-state index contributed by atoms with van der Waals surface area (Å²) in [5.41, 5.74) is 6.92. The predicted octanol–water partition coefficient (Wildman–Crippen LogP) is 1.45. The maximum absolute atomic E-state index is 12.1. The average Bonchev–Trinajstić information content (AvgIpc) is 2.46. The first-order chi connectivity index (χ1) is 9.12. The molecular formula is C15H22N2O2. The van der Waals surface area contributed by atoms with Crippen molar-refractivity contribution in [3.63, 3.8) is 0 Å². The Balaban J connectivity index is 1.88. The lowest BCUT2D eigenvalue weighted by molar-refractivity contribution is -0.150. The number of hydrogen-bond donors (Lipinski definition) is 2.